The predicted molar refractivity (Wildman–Crippen MR) is 116 cm³/mol. The number of rotatable bonds is 9. The molecule has 0 heterocycles. The Labute approximate surface area is 172 Å². The van der Waals surface area contributed by atoms with E-state index in [1.54, 1.807) is 52.5 Å². The Bertz CT molecular complexity index is 902. The highest BCUT2D eigenvalue weighted by Gasteiger charge is 2.16. The van der Waals surface area contributed by atoms with E-state index in [-0.39, 0.29) is 5.78 Å². The summed E-state index contributed by atoms with van der Waals surface area (Å²) in [6, 6.07) is 8.98. The zero-order valence-electron chi connectivity index (χ0n) is 18.2. The van der Waals surface area contributed by atoms with Crippen LogP contribution >= 0.6 is 0 Å². The third kappa shape index (κ3) is 5.02. The fraction of sp³-hybridized carbons (Fsp3) is 0.348. The van der Waals surface area contributed by atoms with Crippen LogP contribution in [0.15, 0.2) is 35.9 Å². The minimum absolute atomic E-state index is 0.0759. The molecule has 29 heavy (non-hydrogen) atoms. The minimum Gasteiger partial charge on any atom is -0.496 e. The van der Waals surface area contributed by atoms with Crippen LogP contribution in [0.25, 0.3) is 6.08 Å². The maximum absolute atomic E-state index is 13.0. The molecule has 2 rings (SSSR count). The average Bonchev–Trinajstić information content (AvgIpc) is 2.73. The Morgan fingerprint density at radius 3 is 2.10 bits per heavy atom. The second-order valence-electron chi connectivity index (χ2n) is 6.62. The number of benzene rings is 2. The molecule has 2 aromatic carbocycles. The first-order chi connectivity index (χ1) is 13.9. The average molecular weight is 399 g/mol. The molecular formula is C23H29NO5. The van der Waals surface area contributed by atoms with Gasteiger partial charge in [0.25, 0.3) is 0 Å². The van der Waals surface area contributed by atoms with Gasteiger partial charge in [-0.15, -0.1) is 0 Å². The second kappa shape index (κ2) is 9.87. The van der Waals surface area contributed by atoms with Gasteiger partial charge in [0.15, 0.2) is 17.3 Å². The van der Waals surface area contributed by atoms with Gasteiger partial charge in [0.2, 0.25) is 0 Å². The number of carbonyl (C=O) groups excluding carboxylic acids is 1. The van der Waals surface area contributed by atoms with Crippen LogP contribution in [0, 0.1) is 0 Å². The second-order valence-corrected chi connectivity index (χ2v) is 6.62. The summed E-state index contributed by atoms with van der Waals surface area (Å²) >= 11 is 0. The summed E-state index contributed by atoms with van der Waals surface area (Å²) in [5.74, 6) is 2.39. The zero-order chi connectivity index (χ0) is 21.6. The number of carbonyl (C=O) groups is 1. The smallest absolute Gasteiger partial charge is 0.188 e. The molecule has 0 saturated heterocycles. The van der Waals surface area contributed by atoms with Gasteiger partial charge in [0, 0.05) is 31.3 Å². The van der Waals surface area contributed by atoms with E-state index in [0.717, 1.165) is 17.0 Å². The predicted octanol–water partition coefficient (Wildman–Crippen LogP) is 4.46. The van der Waals surface area contributed by atoms with E-state index in [1.807, 2.05) is 38.1 Å². The topological polar surface area (TPSA) is 57.2 Å². The lowest BCUT2D eigenvalue weighted by molar-refractivity contribution is 0.103. The van der Waals surface area contributed by atoms with Crippen molar-refractivity contribution in [3.8, 4) is 23.0 Å². The van der Waals surface area contributed by atoms with Gasteiger partial charge in [-0.3, -0.25) is 4.79 Å². The van der Waals surface area contributed by atoms with Crippen molar-refractivity contribution in [3.05, 3.63) is 47.0 Å². The molecule has 0 aromatic heterocycles. The van der Waals surface area contributed by atoms with Crippen molar-refractivity contribution in [2.45, 2.75) is 13.8 Å². The van der Waals surface area contributed by atoms with Gasteiger partial charge in [0.05, 0.1) is 33.6 Å². The molecule has 0 amide bonds. The van der Waals surface area contributed by atoms with E-state index >= 15 is 0 Å². The third-order valence-corrected chi connectivity index (χ3v) is 4.47. The van der Waals surface area contributed by atoms with Gasteiger partial charge in [-0.25, -0.2) is 0 Å². The lowest BCUT2D eigenvalue weighted by atomic mass is 10.0. The van der Waals surface area contributed by atoms with Crippen molar-refractivity contribution in [1.29, 1.82) is 0 Å². The number of hydrogen-bond donors (Lipinski definition) is 0. The van der Waals surface area contributed by atoms with Gasteiger partial charge in [-0.05, 0) is 49.8 Å². The van der Waals surface area contributed by atoms with Crippen molar-refractivity contribution in [2.75, 3.05) is 46.9 Å². The van der Waals surface area contributed by atoms with Gasteiger partial charge < -0.3 is 23.8 Å². The van der Waals surface area contributed by atoms with Gasteiger partial charge in [-0.2, -0.15) is 0 Å². The number of ether oxygens (including phenoxy) is 4. The number of Topliss-reactive ketones (excluding diaryl/α,β-unsaturated/α-hetero) is 1. The van der Waals surface area contributed by atoms with Crippen LogP contribution in [0.3, 0.4) is 0 Å². The number of allylic oxidation sites excluding steroid dienone is 1. The van der Waals surface area contributed by atoms with E-state index in [9.17, 15) is 4.79 Å². The molecule has 0 fully saturated rings. The van der Waals surface area contributed by atoms with Crippen molar-refractivity contribution in [2.24, 2.45) is 0 Å². The summed E-state index contributed by atoms with van der Waals surface area (Å²) in [6.07, 6.45) is 1.79. The highest BCUT2D eigenvalue weighted by molar-refractivity contribution is 6.11. The largest absolute Gasteiger partial charge is 0.496 e. The van der Waals surface area contributed by atoms with Crippen LogP contribution in [0.1, 0.15) is 29.8 Å². The zero-order valence-corrected chi connectivity index (χ0v) is 18.2. The summed E-state index contributed by atoms with van der Waals surface area (Å²) in [7, 11) is 8.55. The quantitative estimate of drug-likeness (QED) is 0.458. The maximum Gasteiger partial charge on any atom is 0.188 e. The van der Waals surface area contributed by atoms with Gasteiger partial charge >= 0.3 is 0 Å². The number of methoxy groups -OCH3 is 3. The molecule has 0 radical (unpaired) electrons. The molecule has 0 unspecified atom stereocenters. The number of nitrogens with zero attached hydrogens (tertiary/aromatic N) is 1. The highest BCUT2D eigenvalue weighted by Crippen LogP contribution is 2.36. The van der Waals surface area contributed by atoms with Crippen LogP contribution in [0.4, 0.5) is 5.69 Å². The Morgan fingerprint density at radius 1 is 0.931 bits per heavy atom. The molecule has 0 spiro atoms. The fourth-order valence-electron chi connectivity index (χ4n) is 2.98. The van der Waals surface area contributed by atoms with E-state index in [2.05, 4.69) is 0 Å². The van der Waals surface area contributed by atoms with Crippen molar-refractivity contribution >= 4 is 17.5 Å². The first kappa shape index (κ1) is 22.1. The van der Waals surface area contributed by atoms with Gasteiger partial charge in [0.1, 0.15) is 11.5 Å². The summed E-state index contributed by atoms with van der Waals surface area (Å²) in [4.78, 5) is 15.0. The number of hydrogen-bond acceptors (Lipinski definition) is 6. The normalized spacial score (nSPS) is 11.1. The van der Waals surface area contributed by atoms with E-state index in [0.29, 0.717) is 35.0 Å². The van der Waals surface area contributed by atoms with E-state index < -0.39 is 0 Å². The maximum atomic E-state index is 13.0. The molecule has 0 aliphatic rings. The minimum atomic E-state index is -0.0759. The molecule has 6 heteroatoms. The molecule has 156 valence electrons. The van der Waals surface area contributed by atoms with E-state index in [4.69, 9.17) is 18.9 Å². The van der Waals surface area contributed by atoms with Crippen LogP contribution in [-0.2, 0) is 0 Å². The highest BCUT2D eigenvalue weighted by atomic mass is 16.5. The molecule has 0 saturated carbocycles. The molecular weight excluding hydrogens is 370 g/mol. The van der Waals surface area contributed by atoms with Gasteiger partial charge in [-0.1, -0.05) is 0 Å². The first-order valence-electron chi connectivity index (χ1n) is 9.33. The van der Waals surface area contributed by atoms with Crippen molar-refractivity contribution < 1.29 is 23.7 Å². The first-order valence-corrected chi connectivity index (χ1v) is 9.33. The number of anilines is 1. The Morgan fingerprint density at radius 2 is 1.55 bits per heavy atom. The molecule has 0 N–H and O–H groups in total. The van der Waals surface area contributed by atoms with E-state index in [1.165, 1.54) is 0 Å². The fourth-order valence-corrected chi connectivity index (χ4v) is 2.98. The SMILES string of the molecule is CCOc1ccc(C(=O)/C(C)=C/c2cc(OC)c(OC)cc2OC)cc1N(C)C. The monoisotopic (exact) mass is 399 g/mol. The Balaban J connectivity index is 2.44. The van der Waals surface area contributed by atoms with Crippen LogP contribution in [0.2, 0.25) is 0 Å². The van der Waals surface area contributed by atoms with Crippen LogP contribution in [-0.4, -0.2) is 47.8 Å². The number of ketones is 1. The lowest BCUT2D eigenvalue weighted by Crippen LogP contribution is -2.12. The molecule has 0 bridgehead atoms. The molecule has 0 atom stereocenters. The van der Waals surface area contributed by atoms with Crippen LogP contribution < -0.4 is 23.8 Å². The molecule has 2 aromatic rings. The third-order valence-electron chi connectivity index (χ3n) is 4.47. The summed E-state index contributed by atoms with van der Waals surface area (Å²) in [5, 5.41) is 0. The molecule has 0 aliphatic carbocycles. The Hall–Kier alpha value is -3.15. The van der Waals surface area contributed by atoms with Crippen LogP contribution in [0.5, 0.6) is 23.0 Å². The summed E-state index contributed by atoms with van der Waals surface area (Å²) in [6.45, 7) is 4.28. The summed E-state index contributed by atoms with van der Waals surface area (Å²) in [5.41, 5.74) is 2.75. The standard InChI is InChI=1S/C23H29NO5/c1-8-29-19-10-9-16(12-18(19)24(3)4)23(25)15(2)11-17-13-21(27-6)22(28-7)14-20(17)26-5/h9-14H,8H2,1-7H3/b15-11+. The Kier molecular flexibility index (Phi) is 7.53. The summed E-state index contributed by atoms with van der Waals surface area (Å²) < 4.78 is 21.8. The van der Waals surface area contributed by atoms with Crippen molar-refractivity contribution in [3.63, 3.8) is 0 Å². The lowest BCUT2D eigenvalue weighted by Gasteiger charge is -2.18. The molecule has 0 aliphatic heterocycles. The molecule has 6 nitrogen and oxygen atoms in total. The van der Waals surface area contributed by atoms with Crippen molar-refractivity contribution in [1.82, 2.24) is 0 Å².